The highest BCUT2D eigenvalue weighted by Crippen LogP contribution is 2.66. The number of ether oxygens (including phenoxy) is 1. The van der Waals surface area contributed by atoms with Gasteiger partial charge in [0.25, 0.3) is 0 Å². The lowest BCUT2D eigenvalue weighted by Gasteiger charge is -2.60. The highest BCUT2D eigenvalue weighted by molar-refractivity contribution is 5.14. The molecule has 1 aromatic rings. The summed E-state index contributed by atoms with van der Waals surface area (Å²) in [4.78, 5) is 0. The van der Waals surface area contributed by atoms with E-state index in [0.29, 0.717) is 11.5 Å². The molecule has 5 rings (SSSR count). The van der Waals surface area contributed by atoms with E-state index in [1.807, 2.05) is 0 Å². The minimum atomic E-state index is -0.0499. The summed E-state index contributed by atoms with van der Waals surface area (Å²) < 4.78 is 6.37. The molecule has 4 aliphatic rings. The lowest BCUT2D eigenvalue weighted by Crippen LogP contribution is -2.54. The molecule has 8 atom stereocenters. The van der Waals surface area contributed by atoms with Crippen LogP contribution in [0.25, 0.3) is 0 Å². The molecule has 4 saturated carbocycles. The van der Waals surface area contributed by atoms with E-state index in [-0.39, 0.29) is 11.5 Å². The van der Waals surface area contributed by atoms with Gasteiger partial charge >= 0.3 is 0 Å². The van der Waals surface area contributed by atoms with Gasteiger partial charge in [-0.1, -0.05) is 44.2 Å². The molecule has 28 heavy (non-hydrogen) atoms. The smallest absolute Gasteiger partial charge is 0.0720 e. The normalized spacial score (nSPS) is 47.8. The van der Waals surface area contributed by atoms with Crippen LogP contribution < -0.4 is 0 Å². The van der Waals surface area contributed by atoms with Crippen LogP contribution in [-0.2, 0) is 11.3 Å². The summed E-state index contributed by atoms with van der Waals surface area (Å²) >= 11 is 0. The van der Waals surface area contributed by atoms with Crippen molar-refractivity contribution in [2.75, 3.05) is 0 Å². The van der Waals surface area contributed by atoms with Crippen molar-refractivity contribution in [3.63, 3.8) is 0 Å². The van der Waals surface area contributed by atoms with Gasteiger partial charge < -0.3 is 9.84 Å². The number of hydrogen-bond acceptors (Lipinski definition) is 2. The van der Waals surface area contributed by atoms with E-state index in [4.69, 9.17) is 4.74 Å². The number of benzene rings is 1. The molecule has 0 radical (unpaired) electrons. The monoisotopic (exact) mass is 382 g/mol. The Bertz CT molecular complexity index is 687. The summed E-state index contributed by atoms with van der Waals surface area (Å²) in [5.41, 5.74) is 2.01. The average molecular weight is 383 g/mol. The van der Waals surface area contributed by atoms with Crippen LogP contribution >= 0.6 is 0 Å². The van der Waals surface area contributed by atoms with E-state index >= 15 is 0 Å². The molecule has 2 nitrogen and oxygen atoms in total. The van der Waals surface area contributed by atoms with Gasteiger partial charge in [-0.2, -0.15) is 0 Å². The third-order valence-electron chi connectivity index (χ3n) is 9.90. The first kappa shape index (κ1) is 19.1. The van der Waals surface area contributed by atoms with Crippen LogP contribution in [0.4, 0.5) is 0 Å². The van der Waals surface area contributed by atoms with E-state index < -0.39 is 0 Å². The molecular formula is C26H38O2. The number of fused-ring (bicyclic) bond motifs is 5. The zero-order valence-electron chi connectivity index (χ0n) is 17.8. The van der Waals surface area contributed by atoms with E-state index in [9.17, 15) is 5.11 Å². The maximum absolute atomic E-state index is 10.6. The van der Waals surface area contributed by atoms with E-state index in [1.165, 1.54) is 56.9 Å². The first-order valence-corrected chi connectivity index (χ1v) is 11.8. The van der Waals surface area contributed by atoms with Gasteiger partial charge in [-0.25, -0.2) is 0 Å². The van der Waals surface area contributed by atoms with Crippen LogP contribution in [0.5, 0.6) is 0 Å². The van der Waals surface area contributed by atoms with Gasteiger partial charge in [-0.15, -0.1) is 0 Å². The molecule has 1 aromatic carbocycles. The molecule has 4 aliphatic carbocycles. The van der Waals surface area contributed by atoms with Gasteiger partial charge in [-0.05, 0) is 97.9 Å². The fraction of sp³-hybridized carbons (Fsp3) is 0.769. The molecule has 0 bridgehead atoms. The summed E-state index contributed by atoms with van der Waals surface area (Å²) in [7, 11) is 0. The van der Waals surface area contributed by atoms with Crippen LogP contribution in [0.2, 0.25) is 0 Å². The van der Waals surface area contributed by atoms with E-state index in [2.05, 4.69) is 44.2 Å². The molecule has 2 heteroatoms. The molecule has 0 unspecified atom stereocenters. The fourth-order valence-corrected chi connectivity index (χ4v) is 8.13. The van der Waals surface area contributed by atoms with Gasteiger partial charge in [0.1, 0.15) is 0 Å². The van der Waals surface area contributed by atoms with E-state index in [0.717, 1.165) is 36.7 Å². The number of hydrogen-bond donors (Lipinski definition) is 1. The second-order valence-electron chi connectivity index (χ2n) is 11.0. The Kier molecular flexibility index (Phi) is 4.87. The maximum atomic E-state index is 10.6. The Morgan fingerprint density at radius 1 is 0.893 bits per heavy atom. The third kappa shape index (κ3) is 2.98. The van der Waals surface area contributed by atoms with Crippen molar-refractivity contribution in [2.45, 2.75) is 90.4 Å². The van der Waals surface area contributed by atoms with Crippen molar-refractivity contribution >= 4 is 0 Å². The fourth-order valence-electron chi connectivity index (χ4n) is 8.13. The molecule has 0 aromatic heterocycles. The number of aliphatic hydroxyl groups excluding tert-OH is 1. The van der Waals surface area contributed by atoms with Crippen molar-refractivity contribution in [1.82, 2.24) is 0 Å². The van der Waals surface area contributed by atoms with Crippen LogP contribution in [0.15, 0.2) is 30.3 Å². The lowest BCUT2D eigenvalue weighted by molar-refractivity contribution is -0.142. The quantitative estimate of drug-likeness (QED) is 0.697. The summed E-state index contributed by atoms with van der Waals surface area (Å²) in [5, 5.41) is 10.6. The second-order valence-corrected chi connectivity index (χ2v) is 11.0. The molecule has 0 spiro atoms. The summed E-state index contributed by atoms with van der Waals surface area (Å²) in [6.45, 7) is 5.78. The molecule has 0 saturated heterocycles. The first-order valence-electron chi connectivity index (χ1n) is 11.8. The zero-order chi connectivity index (χ0) is 19.4. The zero-order valence-corrected chi connectivity index (χ0v) is 17.8. The van der Waals surface area contributed by atoms with Crippen LogP contribution in [0.3, 0.4) is 0 Å². The minimum absolute atomic E-state index is 0.0499. The standard InChI is InChI=1S/C26H38O2/c1-25-14-12-20(28-17-18-6-4-3-5-7-18)16-19(25)8-9-21-22-10-11-24(27)26(22,2)15-13-23(21)25/h3-7,19-24,27H,8-17H2,1-2H3/t19-,20-,21+,22-,23+,24-,25-,26-/m0/s1. The van der Waals surface area contributed by atoms with Crippen LogP contribution in [-0.4, -0.2) is 17.3 Å². The minimum Gasteiger partial charge on any atom is -0.393 e. The molecule has 0 aliphatic heterocycles. The Hall–Kier alpha value is -0.860. The number of aliphatic hydroxyl groups is 1. The average Bonchev–Trinajstić information content (AvgIpc) is 3.02. The Balaban J connectivity index is 1.26. The molecule has 1 N–H and O–H groups in total. The van der Waals surface area contributed by atoms with Crippen molar-refractivity contribution in [1.29, 1.82) is 0 Å². The largest absolute Gasteiger partial charge is 0.393 e. The van der Waals surface area contributed by atoms with Crippen LogP contribution in [0, 0.1) is 34.5 Å². The topological polar surface area (TPSA) is 29.5 Å². The van der Waals surface area contributed by atoms with Gasteiger partial charge in [0.05, 0.1) is 18.8 Å². The Morgan fingerprint density at radius 2 is 1.64 bits per heavy atom. The summed E-state index contributed by atoms with van der Waals surface area (Å²) in [5.74, 6) is 3.34. The lowest BCUT2D eigenvalue weighted by atomic mass is 9.45. The van der Waals surface area contributed by atoms with Gasteiger partial charge in [-0.3, -0.25) is 0 Å². The van der Waals surface area contributed by atoms with E-state index in [1.54, 1.807) is 0 Å². The van der Waals surface area contributed by atoms with Crippen molar-refractivity contribution < 1.29 is 9.84 Å². The second kappa shape index (κ2) is 7.13. The Morgan fingerprint density at radius 3 is 2.46 bits per heavy atom. The van der Waals surface area contributed by atoms with Crippen molar-refractivity contribution in [3.05, 3.63) is 35.9 Å². The summed E-state index contributed by atoms with van der Waals surface area (Å²) in [6.07, 6.45) is 11.9. The highest BCUT2D eigenvalue weighted by atomic mass is 16.5. The van der Waals surface area contributed by atoms with Crippen molar-refractivity contribution in [2.24, 2.45) is 34.5 Å². The maximum Gasteiger partial charge on any atom is 0.0720 e. The van der Waals surface area contributed by atoms with Crippen LogP contribution in [0.1, 0.15) is 77.2 Å². The predicted molar refractivity (Wildman–Crippen MR) is 113 cm³/mol. The first-order chi connectivity index (χ1) is 13.5. The molecular weight excluding hydrogens is 344 g/mol. The highest BCUT2D eigenvalue weighted by Gasteiger charge is 2.60. The summed E-state index contributed by atoms with van der Waals surface area (Å²) in [6, 6.07) is 10.6. The predicted octanol–water partition coefficient (Wildman–Crippen LogP) is 5.98. The van der Waals surface area contributed by atoms with Crippen molar-refractivity contribution in [3.8, 4) is 0 Å². The molecule has 0 amide bonds. The third-order valence-corrected chi connectivity index (χ3v) is 9.90. The SMILES string of the molecule is C[C@]12CC[C@H](OCc3ccccc3)C[C@@H]1CC[C@H]1[C@H]2CC[C@]2(C)[C@@H](O)CC[C@@H]12. The molecule has 0 heterocycles. The number of rotatable bonds is 3. The Labute approximate surface area is 171 Å². The molecule has 154 valence electrons. The van der Waals surface area contributed by atoms with Gasteiger partial charge in [0, 0.05) is 0 Å². The van der Waals surface area contributed by atoms with Gasteiger partial charge in [0.2, 0.25) is 0 Å². The molecule has 4 fully saturated rings. The van der Waals surface area contributed by atoms with Gasteiger partial charge in [0.15, 0.2) is 0 Å².